The van der Waals surface area contributed by atoms with Crippen molar-refractivity contribution >= 4 is 7.29 Å². The van der Waals surface area contributed by atoms with Gasteiger partial charge in [0, 0.05) is 11.3 Å². The van der Waals surface area contributed by atoms with Crippen molar-refractivity contribution in [1.29, 1.82) is 0 Å². The first-order valence-corrected chi connectivity index (χ1v) is 8.94. The fourth-order valence-electron chi connectivity index (χ4n) is 4.33. The fourth-order valence-corrected chi connectivity index (χ4v) is 8.47. The lowest BCUT2D eigenvalue weighted by atomic mass is 9.84. The van der Waals surface area contributed by atoms with Crippen LogP contribution in [0.5, 0.6) is 0 Å². The average molecular weight is 253 g/mol. The van der Waals surface area contributed by atoms with E-state index in [0.29, 0.717) is 11.3 Å². The Balaban J connectivity index is 2.06. The van der Waals surface area contributed by atoms with E-state index >= 15 is 0 Å². The van der Waals surface area contributed by atoms with Crippen LogP contribution in [0.15, 0.2) is 11.1 Å². The first-order chi connectivity index (χ1) is 8.15. The summed E-state index contributed by atoms with van der Waals surface area (Å²) >= 11 is 0. The van der Waals surface area contributed by atoms with Crippen molar-refractivity contribution < 1.29 is 4.57 Å². The minimum Gasteiger partial charge on any atom is -0.305 e. The van der Waals surface area contributed by atoms with Crippen LogP contribution < -0.4 is 0 Å². The van der Waals surface area contributed by atoms with Crippen LogP contribution in [0.25, 0.3) is 0 Å². The largest absolute Gasteiger partial charge is 0.305 e. The van der Waals surface area contributed by atoms with Crippen LogP contribution in [0.2, 0.25) is 0 Å². The van der Waals surface area contributed by atoms with Crippen molar-refractivity contribution in [2.24, 2.45) is 0 Å². The molecule has 2 saturated carbocycles. The van der Waals surface area contributed by atoms with Gasteiger partial charge >= 0.3 is 0 Å². The summed E-state index contributed by atoms with van der Waals surface area (Å²) in [6.07, 6.45) is 10.1. The monoisotopic (exact) mass is 253 g/mol. The Labute approximate surface area is 105 Å². The van der Waals surface area contributed by atoms with Gasteiger partial charge in [-0.15, -0.1) is 0 Å². The minimum atomic E-state index is -2.15. The zero-order chi connectivity index (χ0) is 12.0. The molecular weight excluding hydrogens is 229 g/mol. The van der Waals surface area contributed by atoms with Crippen LogP contribution in [0.1, 0.15) is 51.4 Å². The molecule has 17 heavy (non-hydrogen) atoms. The Bertz CT molecular complexity index is 369. The number of hydrogen-bond donors (Lipinski definition) is 0. The van der Waals surface area contributed by atoms with E-state index in [4.69, 9.17) is 0 Å². The van der Waals surface area contributed by atoms with E-state index in [2.05, 4.69) is 4.67 Å². The summed E-state index contributed by atoms with van der Waals surface area (Å²) in [5, 5.41) is 0. The van der Waals surface area contributed by atoms with Gasteiger partial charge in [-0.3, -0.25) is 4.67 Å². The van der Waals surface area contributed by atoms with E-state index in [1.807, 2.05) is 14.1 Å². The van der Waals surface area contributed by atoms with Crippen molar-refractivity contribution in [3.8, 4) is 0 Å². The van der Waals surface area contributed by atoms with Crippen molar-refractivity contribution in [3.63, 3.8) is 0 Å². The highest BCUT2D eigenvalue weighted by molar-refractivity contribution is 7.63. The van der Waals surface area contributed by atoms with Gasteiger partial charge < -0.3 is 4.57 Å². The van der Waals surface area contributed by atoms with Crippen LogP contribution in [-0.2, 0) is 4.57 Å². The molecule has 0 aromatic carbocycles. The molecule has 1 heterocycles. The summed E-state index contributed by atoms with van der Waals surface area (Å²) in [4.78, 5) is 0. The predicted octanol–water partition coefficient (Wildman–Crippen LogP) is 4.02. The summed E-state index contributed by atoms with van der Waals surface area (Å²) in [5.74, 6) is 0. The molecule has 1 aliphatic heterocycles. The van der Waals surface area contributed by atoms with Crippen molar-refractivity contribution in [2.75, 3.05) is 14.1 Å². The van der Waals surface area contributed by atoms with Crippen LogP contribution in [-0.4, -0.2) is 30.1 Å². The van der Waals surface area contributed by atoms with E-state index in [1.165, 1.54) is 51.4 Å². The van der Waals surface area contributed by atoms with Gasteiger partial charge in [0.2, 0.25) is 0 Å². The van der Waals surface area contributed by atoms with Gasteiger partial charge in [0.15, 0.2) is 7.29 Å². The van der Waals surface area contributed by atoms with E-state index in [0.717, 1.165) is 0 Å². The van der Waals surface area contributed by atoms with Crippen LogP contribution in [0, 0.1) is 0 Å². The summed E-state index contributed by atoms with van der Waals surface area (Å²) in [7, 11) is 1.95. The molecule has 0 aromatic rings. The van der Waals surface area contributed by atoms with Crippen LogP contribution in [0.4, 0.5) is 0 Å². The van der Waals surface area contributed by atoms with Crippen molar-refractivity contribution in [3.05, 3.63) is 11.1 Å². The SMILES string of the molecule is CN(C)P1(=O)[C@@H]2CCCCC2=C2CCCC[C@@H]21. The van der Waals surface area contributed by atoms with Crippen LogP contribution >= 0.6 is 7.29 Å². The average Bonchev–Trinajstić information content (AvgIpc) is 2.63. The standard InChI is InChI=1S/C14H24NOP/c1-15(2)17(16)13-9-5-3-7-11(13)12-8-4-6-10-14(12)17/h13-14H,3-10H2,1-2H3/t13-,14+,17?. The lowest BCUT2D eigenvalue weighted by molar-refractivity contribution is 0.478. The molecule has 3 rings (SSSR count). The molecule has 3 heteroatoms. The molecule has 0 saturated heterocycles. The fraction of sp³-hybridized carbons (Fsp3) is 0.857. The number of allylic oxidation sites excluding steroid dienone is 2. The minimum absolute atomic E-state index is 0.435. The topological polar surface area (TPSA) is 20.3 Å². The van der Waals surface area contributed by atoms with Gasteiger partial charge in [-0.25, -0.2) is 0 Å². The molecule has 0 amide bonds. The molecule has 2 aliphatic carbocycles. The smallest absolute Gasteiger partial charge is 0.163 e. The number of hydrogen-bond acceptors (Lipinski definition) is 1. The Morgan fingerprint density at radius 2 is 1.41 bits per heavy atom. The molecule has 0 spiro atoms. The normalized spacial score (nSPS) is 41.6. The number of nitrogens with zero attached hydrogens (tertiary/aromatic N) is 1. The van der Waals surface area contributed by atoms with Crippen molar-refractivity contribution in [2.45, 2.75) is 62.7 Å². The molecular formula is C14H24NOP. The zero-order valence-corrected chi connectivity index (χ0v) is 12.0. The Hall–Kier alpha value is -0.0700. The van der Waals surface area contributed by atoms with Crippen molar-refractivity contribution in [1.82, 2.24) is 4.67 Å². The van der Waals surface area contributed by atoms with Gasteiger partial charge in [0.05, 0.1) is 0 Å². The Morgan fingerprint density at radius 3 is 1.82 bits per heavy atom. The molecule has 3 atom stereocenters. The highest BCUT2D eigenvalue weighted by Gasteiger charge is 2.52. The number of rotatable bonds is 1. The highest BCUT2D eigenvalue weighted by atomic mass is 31.2. The molecule has 2 nitrogen and oxygen atoms in total. The van der Waals surface area contributed by atoms with E-state index in [-0.39, 0.29) is 0 Å². The zero-order valence-electron chi connectivity index (χ0n) is 11.1. The first-order valence-electron chi connectivity index (χ1n) is 7.14. The van der Waals surface area contributed by atoms with Gasteiger partial charge in [0.25, 0.3) is 0 Å². The molecule has 0 aromatic heterocycles. The molecule has 96 valence electrons. The third-order valence-electron chi connectivity index (χ3n) is 5.08. The highest BCUT2D eigenvalue weighted by Crippen LogP contribution is 2.71. The van der Waals surface area contributed by atoms with E-state index in [9.17, 15) is 4.57 Å². The van der Waals surface area contributed by atoms with Gasteiger partial charge in [-0.1, -0.05) is 24.0 Å². The summed E-state index contributed by atoms with van der Waals surface area (Å²) < 4.78 is 15.6. The predicted molar refractivity (Wildman–Crippen MR) is 72.8 cm³/mol. The lowest BCUT2D eigenvalue weighted by Crippen LogP contribution is -2.26. The summed E-state index contributed by atoms with van der Waals surface area (Å²) in [6.45, 7) is 0. The van der Waals surface area contributed by atoms with Gasteiger partial charge in [-0.2, -0.15) is 0 Å². The summed E-state index contributed by atoms with van der Waals surface area (Å²) in [5.41, 5.74) is 4.14. The lowest BCUT2D eigenvalue weighted by Gasteiger charge is -2.35. The second kappa shape index (κ2) is 4.24. The van der Waals surface area contributed by atoms with Gasteiger partial charge in [0.1, 0.15) is 0 Å². The molecule has 0 radical (unpaired) electrons. The quantitative estimate of drug-likeness (QED) is 0.519. The Morgan fingerprint density at radius 1 is 0.941 bits per heavy atom. The number of fused-ring (bicyclic) bond motifs is 2. The van der Waals surface area contributed by atoms with Gasteiger partial charge in [-0.05, 0) is 52.6 Å². The van der Waals surface area contributed by atoms with Crippen LogP contribution in [0.3, 0.4) is 0 Å². The second-order valence-corrected chi connectivity index (χ2v) is 9.48. The maximum atomic E-state index is 13.5. The molecule has 2 fully saturated rings. The maximum absolute atomic E-state index is 13.5. The molecule has 0 N–H and O–H groups in total. The first kappa shape index (κ1) is 12.0. The third kappa shape index (κ3) is 1.60. The third-order valence-corrected chi connectivity index (χ3v) is 9.26. The van der Waals surface area contributed by atoms with E-state index < -0.39 is 7.29 Å². The Kier molecular flexibility index (Phi) is 2.99. The molecule has 3 aliphatic rings. The molecule has 1 unspecified atom stereocenters. The summed E-state index contributed by atoms with van der Waals surface area (Å²) in [6, 6.07) is 0. The maximum Gasteiger partial charge on any atom is 0.163 e. The van der Waals surface area contributed by atoms with E-state index in [1.54, 1.807) is 11.1 Å². The molecule has 0 bridgehead atoms. The second-order valence-electron chi connectivity index (χ2n) is 6.09.